The van der Waals surface area contributed by atoms with Crippen LogP contribution in [0, 0.1) is 0 Å². The molecule has 0 aliphatic rings. The molecule has 2 amide bonds. The highest BCUT2D eigenvalue weighted by Crippen LogP contribution is 1.98. The van der Waals surface area contributed by atoms with Crippen LogP contribution in [0.15, 0.2) is 0 Å². The molecule has 0 heterocycles. The lowest BCUT2D eigenvalue weighted by Gasteiger charge is -1.99. The quantitative estimate of drug-likeness (QED) is 0.587. The van der Waals surface area contributed by atoms with Crippen LogP contribution in [0.4, 0.5) is 0 Å². The molecule has 0 saturated heterocycles. The minimum atomic E-state index is -0.601. The van der Waals surface area contributed by atoms with Gasteiger partial charge in [0.2, 0.25) is 11.8 Å². The highest BCUT2D eigenvalue weighted by Gasteiger charge is 2.03. The zero-order valence-corrected chi connectivity index (χ0v) is 7.44. The number of nitrogens with one attached hydrogen (secondary N) is 1. The largest absolute Gasteiger partial charge is 0.368 e. The molecular formula is C6H10N2O3S. The molecule has 5 nitrogen and oxygen atoms in total. The maximum absolute atomic E-state index is 10.8. The van der Waals surface area contributed by atoms with Crippen molar-refractivity contribution in [2.45, 2.75) is 6.92 Å². The van der Waals surface area contributed by atoms with Crippen LogP contribution < -0.4 is 11.1 Å². The molecule has 0 saturated carbocycles. The van der Waals surface area contributed by atoms with Gasteiger partial charge >= 0.3 is 0 Å². The molecule has 0 radical (unpaired) electrons. The lowest BCUT2D eigenvalue weighted by atomic mass is 10.6. The molecule has 0 atom stereocenters. The van der Waals surface area contributed by atoms with Crippen LogP contribution in [0.25, 0.3) is 0 Å². The highest BCUT2D eigenvalue weighted by atomic mass is 32.2. The van der Waals surface area contributed by atoms with E-state index in [4.69, 9.17) is 5.73 Å². The molecule has 3 N–H and O–H groups in total. The third-order valence-corrected chi connectivity index (χ3v) is 1.68. The van der Waals surface area contributed by atoms with Crippen LogP contribution in [0.5, 0.6) is 0 Å². The van der Waals surface area contributed by atoms with Gasteiger partial charge in [0.1, 0.15) is 0 Å². The summed E-state index contributed by atoms with van der Waals surface area (Å²) in [4.78, 5) is 31.3. The number of thioether (sulfide) groups is 1. The van der Waals surface area contributed by atoms with Crippen molar-refractivity contribution in [3.8, 4) is 0 Å². The van der Waals surface area contributed by atoms with Crippen molar-refractivity contribution in [1.29, 1.82) is 0 Å². The topological polar surface area (TPSA) is 89.3 Å². The first-order valence-electron chi connectivity index (χ1n) is 3.20. The summed E-state index contributed by atoms with van der Waals surface area (Å²) >= 11 is 0.888. The fraction of sp³-hybridized carbons (Fsp3) is 0.500. The van der Waals surface area contributed by atoms with E-state index in [1.54, 1.807) is 0 Å². The van der Waals surface area contributed by atoms with E-state index in [0.29, 0.717) is 0 Å². The Hall–Kier alpha value is -1.04. The summed E-state index contributed by atoms with van der Waals surface area (Å²) in [5.74, 6) is -0.937. The summed E-state index contributed by atoms with van der Waals surface area (Å²) in [5, 5.41) is 2.12. The maximum atomic E-state index is 10.8. The van der Waals surface area contributed by atoms with Crippen molar-refractivity contribution in [2.24, 2.45) is 5.73 Å². The molecule has 0 aromatic rings. The van der Waals surface area contributed by atoms with Gasteiger partial charge in [0, 0.05) is 6.92 Å². The number of carbonyl (C=O) groups excluding carboxylic acids is 3. The van der Waals surface area contributed by atoms with Gasteiger partial charge in [-0.05, 0) is 0 Å². The molecule has 0 aliphatic carbocycles. The first-order chi connectivity index (χ1) is 5.52. The Morgan fingerprint density at radius 3 is 2.42 bits per heavy atom. The van der Waals surface area contributed by atoms with Crippen LogP contribution in [-0.2, 0) is 14.4 Å². The second-order valence-electron chi connectivity index (χ2n) is 2.02. The predicted octanol–water partition coefficient (Wildman–Crippen LogP) is -1.13. The van der Waals surface area contributed by atoms with Crippen LogP contribution in [0.2, 0.25) is 0 Å². The predicted molar refractivity (Wildman–Crippen MR) is 45.3 cm³/mol. The maximum Gasteiger partial charge on any atom is 0.236 e. The Kier molecular flexibility index (Phi) is 5.11. The summed E-state index contributed by atoms with van der Waals surface area (Å²) in [6.45, 7) is 1.18. The standard InChI is InChI=1S/C6H10N2O3S/c1-4(9)12-3-6(11)8-2-5(7)10/h2-3H2,1H3,(H2,7,10)(H,8,11). The molecular weight excluding hydrogens is 180 g/mol. The van der Waals surface area contributed by atoms with E-state index in [1.807, 2.05) is 0 Å². The van der Waals surface area contributed by atoms with Crippen molar-refractivity contribution >= 4 is 28.7 Å². The minimum absolute atomic E-state index is 0.0304. The van der Waals surface area contributed by atoms with E-state index < -0.39 is 5.91 Å². The Morgan fingerprint density at radius 2 is 2.00 bits per heavy atom. The summed E-state index contributed by atoms with van der Waals surface area (Å²) in [7, 11) is 0. The molecule has 0 aromatic heterocycles. The lowest BCUT2D eigenvalue weighted by Crippen LogP contribution is -2.34. The third kappa shape index (κ3) is 7.07. The minimum Gasteiger partial charge on any atom is -0.368 e. The fourth-order valence-corrected chi connectivity index (χ4v) is 0.840. The number of rotatable bonds is 4. The highest BCUT2D eigenvalue weighted by molar-refractivity contribution is 8.14. The van der Waals surface area contributed by atoms with Gasteiger partial charge in [-0.25, -0.2) is 0 Å². The van der Waals surface area contributed by atoms with Crippen molar-refractivity contribution in [1.82, 2.24) is 5.32 Å². The smallest absolute Gasteiger partial charge is 0.236 e. The van der Waals surface area contributed by atoms with E-state index in [1.165, 1.54) is 6.92 Å². The van der Waals surface area contributed by atoms with E-state index in [9.17, 15) is 14.4 Å². The molecule has 0 bridgehead atoms. The van der Waals surface area contributed by atoms with E-state index >= 15 is 0 Å². The number of primary amides is 1. The van der Waals surface area contributed by atoms with Gasteiger partial charge < -0.3 is 11.1 Å². The second-order valence-corrected chi connectivity index (χ2v) is 3.18. The Morgan fingerprint density at radius 1 is 1.42 bits per heavy atom. The summed E-state index contributed by atoms with van der Waals surface area (Å²) in [5.41, 5.74) is 4.77. The number of amides is 2. The summed E-state index contributed by atoms with van der Waals surface area (Å²) in [6, 6.07) is 0. The van der Waals surface area contributed by atoms with Gasteiger partial charge in [0.15, 0.2) is 5.12 Å². The molecule has 0 rings (SSSR count). The van der Waals surface area contributed by atoms with Crippen LogP contribution in [0.1, 0.15) is 6.92 Å². The Labute approximate surface area is 74.1 Å². The van der Waals surface area contributed by atoms with Gasteiger partial charge in [0.25, 0.3) is 0 Å². The molecule has 0 fully saturated rings. The second kappa shape index (κ2) is 5.59. The lowest BCUT2D eigenvalue weighted by molar-refractivity contribution is -0.123. The average Bonchev–Trinajstić information content (AvgIpc) is 1.96. The molecule has 68 valence electrons. The van der Waals surface area contributed by atoms with Crippen molar-refractivity contribution < 1.29 is 14.4 Å². The first kappa shape index (κ1) is 11.0. The van der Waals surface area contributed by atoms with Crippen molar-refractivity contribution in [3.63, 3.8) is 0 Å². The van der Waals surface area contributed by atoms with Crippen LogP contribution >= 0.6 is 11.8 Å². The molecule has 0 aliphatic heterocycles. The van der Waals surface area contributed by atoms with Gasteiger partial charge in [0.05, 0.1) is 12.3 Å². The molecule has 0 spiro atoms. The molecule has 6 heteroatoms. The zero-order chi connectivity index (χ0) is 9.56. The normalized spacial score (nSPS) is 9.08. The number of nitrogens with two attached hydrogens (primary N) is 1. The van der Waals surface area contributed by atoms with Crippen LogP contribution in [0.3, 0.4) is 0 Å². The Bertz CT molecular complexity index is 185. The van der Waals surface area contributed by atoms with Gasteiger partial charge in [-0.15, -0.1) is 0 Å². The summed E-state index contributed by atoms with van der Waals surface area (Å²) in [6.07, 6.45) is 0. The number of carbonyl (C=O) groups is 3. The number of hydrogen-bond donors (Lipinski definition) is 2. The first-order valence-corrected chi connectivity index (χ1v) is 4.19. The third-order valence-electron chi connectivity index (χ3n) is 0.866. The fourth-order valence-electron chi connectivity index (χ4n) is 0.404. The monoisotopic (exact) mass is 190 g/mol. The molecule has 0 aromatic carbocycles. The van der Waals surface area contributed by atoms with Gasteiger partial charge in [-0.1, -0.05) is 11.8 Å². The van der Waals surface area contributed by atoms with Crippen molar-refractivity contribution in [3.05, 3.63) is 0 Å². The van der Waals surface area contributed by atoms with Crippen molar-refractivity contribution in [2.75, 3.05) is 12.3 Å². The van der Waals surface area contributed by atoms with E-state index in [0.717, 1.165) is 11.8 Å². The van der Waals surface area contributed by atoms with Gasteiger partial charge in [-0.3, -0.25) is 14.4 Å². The average molecular weight is 190 g/mol. The zero-order valence-electron chi connectivity index (χ0n) is 6.62. The molecule has 12 heavy (non-hydrogen) atoms. The molecule has 0 unspecified atom stereocenters. The van der Waals surface area contributed by atoms with E-state index in [-0.39, 0.29) is 23.3 Å². The van der Waals surface area contributed by atoms with E-state index in [2.05, 4.69) is 5.32 Å². The number of hydrogen-bond acceptors (Lipinski definition) is 4. The van der Waals surface area contributed by atoms with Crippen LogP contribution in [-0.4, -0.2) is 29.2 Å². The van der Waals surface area contributed by atoms with Gasteiger partial charge in [-0.2, -0.15) is 0 Å². The SMILES string of the molecule is CC(=O)SCC(=O)NCC(N)=O. The summed E-state index contributed by atoms with van der Waals surface area (Å²) < 4.78 is 0. The Balaban J connectivity index is 3.47.